The van der Waals surface area contributed by atoms with Crippen molar-refractivity contribution in [3.63, 3.8) is 0 Å². The molecule has 2 aromatic rings. The Morgan fingerprint density at radius 2 is 1.48 bits per heavy atom. The third kappa shape index (κ3) is 4.03. The Hall–Kier alpha value is -3.15. The van der Waals surface area contributed by atoms with E-state index in [0.717, 1.165) is 0 Å². The molecule has 0 fully saturated rings. The van der Waals surface area contributed by atoms with E-state index in [-0.39, 0.29) is 5.57 Å². The molecule has 0 atom stereocenters. The summed E-state index contributed by atoms with van der Waals surface area (Å²) < 4.78 is 20.9. The second kappa shape index (κ2) is 8.10. The lowest BCUT2D eigenvalue weighted by atomic mass is 10.0. The fraction of sp³-hybridized carbons (Fsp3) is 0.211. The third-order valence-corrected chi connectivity index (χ3v) is 3.66. The highest BCUT2D eigenvalue weighted by Crippen LogP contribution is 2.33. The minimum Gasteiger partial charge on any atom is -0.497 e. The lowest BCUT2D eigenvalue weighted by Gasteiger charge is -2.11. The van der Waals surface area contributed by atoms with Gasteiger partial charge in [0, 0.05) is 5.56 Å². The first-order chi connectivity index (χ1) is 12.0. The summed E-state index contributed by atoms with van der Waals surface area (Å²) >= 11 is 0. The Kier molecular flexibility index (Phi) is 5.89. The van der Waals surface area contributed by atoms with Crippen molar-refractivity contribution in [3.8, 4) is 23.0 Å². The lowest BCUT2D eigenvalue weighted by Crippen LogP contribution is -2.01. The normalized spacial score (nSPS) is 11.0. The first kappa shape index (κ1) is 18.2. The Bertz CT molecular complexity index is 794. The van der Waals surface area contributed by atoms with Crippen LogP contribution in [0.4, 0.5) is 0 Å². The molecular weight excluding hydrogens is 324 g/mol. The summed E-state index contributed by atoms with van der Waals surface area (Å²) in [7, 11) is 6.08. The van der Waals surface area contributed by atoms with Gasteiger partial charge in [-0.1, -0.05) is 6.07 Å². The summed E-state index contributed by atoms with van der Waals surface area (Å²) in [6, 6.07) is 10.1. The molecule has 0 unspecified atom stereocenters. The number of carboxylic acid groups (broad SMARTS) is 1. The van der Waals surface area contributed by atoms with Gasteiger partial charge in [-0.15, -0.1) is 0 Å². The maximum atomic E-state index is 11.8. The van der Waals surface area contributed by atoms with Gasteiger partial charge in [0.15, 0.2) is 11.5 Å². The highest BCUT2D eigenvalue weighted by atomic mass is 16.5. The van der Waals surface area contributed by atoms with Gasteiger partial charge in [-0.2, -0.15) is 0 Å². The average Bonchev–Trinajstić information content (AvgIpc) is 2.64. The number of ether oxygens (including phenoxy) is 4. The SMILES string of the molecule is COc1ccc(OC)c(/C=C(\C(=O)O)c2ccc(OC)c(OC)c2)c1. The zero-order chi connectivity index (χ0) is 18.4. The molecule has 0 aromatic heterocycles. The first-order valence-corrected chi connectivity index (χ1v) is 7.43. The molecule has 0 amide bonds. The van der Waals surface area contributed by atoms with Gasteiger partial charge in [-0.25, -0.2) is 4.79 Å². The predicted octanol–water partition coefficient (Wildman–Crippen LogP) is 3.35. The molecule has 2 aromatic carbocycles. The molecule has 132 valence electrons. The summed E-state index contributed by atoms with van der Waals surface area (Å²) in [6.07, 6.45) is 1.53. The predicted molar refractivity (Wildman–Crippen MR) is 94.6 cm³/mol. The highest BCUT2D eigenvalue weighted by molar-refractivity contribution is 6.21. The quantitative estimate of drug-likeness (QED) is 0.613. The minimum absolute atomic E-state index is 0.0903. The van der Waals surface area contributed by atoms with Gasteiger partial charge in [0.25, 0.3) is 0 Å². The minimum atomic E-state index is -1.07. The second-order valence-corrected chi connectivity index (χ2v) is 5.04. The topological polar surface area (TPSA) is 74.2 Å². The van der Waals surface area contributed by atoms with Crippen LogP contribution in [-0.2, 0) is 4.79 Å². The smallest absolute Gasteiger partial charge is 0.336 e. The maximum Gasteiger partial charge on any atom is 0.336 e. The second-order valence-electron chi connectivity index (χ2n) is 5.04. The fourth-order valence-electron chi connectivity index (χ4n) is 2.38. The fourth-order valence-corrected chi connectivity index (χ4v) is 2.38. The number of methoxy groups -OCH3 is 4. The van der Waals surface area contributed by atoms with Crippen LogP contribution in [0.15, 0.2) is 36.4 Å². The monoisotopic (exact) mass is 344 g/mol. The van der Waals surface area contributed by atoms with E-state index in [1.807, 2.05) is 0 Å². The van der Waals surface area contributed by atoms with Crippen LogP contribution in [0.3, 0.4) is 0 Å². The van der Waals surface area contributed by atoms with E-state index in [9.17, 15) is 9.90 Å². The van der Waals surface area contributed by atoms with Gasteiger partial charge in [0.2, 0.25) is 0 Å². The molecule has 0 aliphatic carbocycles. The Balaban J connectivity index is 2.59. The number of carbonyl (C=O) groups is 1. The summed E-state index contributed by atoms with van der Waals surface area (Å²) in [5.74, 6) is 1.04. The standard InChI is InChI=1S/C19H20O6/c1-22-14-6-8-16(23-2)13(9-14)10-15(19(20)21)12-5-7-17(24-3)18(11-12)25-4/h5-11H,1-4H3,(H,20,21)/b15-10-. The van der Waals surface area contributed by atoms with E-state index in [0.29, 0.717) is 34.1 Å². The van der Waals surface area contributed by atoms with Crippen molar-refractivity contribution in [2.75, 3.05) is 28.4 Å². The van der Waals surface area contributed by atoms with Crippen LogP contribution in [0.1, 0.15) is 11.1 Å². The number of rotatable bonds is 7. The van der Waals surface area contributed by atoms with Crippen LogP contribution in [0.5, 0.6) is 23.0 Å². The number of hydrogen-bond donors (Lipinski definition) is 1. The van der Waals surface area contributed by atoms with Gasteiger partial charge in [0.1, 0.15) is 11.5 Å². The molecule has 0 spiro atoms. The van der Waals surface area contributed by atoms with E-state index in [1.165, 1.54) is 27.4 Å². The molecule has 0 radical (unpaired) electrons. The number of hydrogen-bond acceptors (Lipinski definition) is 5. The summed E-state index contributed by atoms with van der Waals surface area (Å²) in [5.41, 5.74) is 1.16. The Labute approximate surface area is 146 Å². The van der Waals surface area contributed by atoms with Crippen LogP contribution in [0, 0.1) is 0 Å². The van der Waals surface area contributed by atoms with Crippen molar-refractivity contribution >= 4 is 17.6 Å². The third-order valence-electron chi connectivity index (χ3n) is 3.66. The molecule has 6 nitrogen and oxygen atoms in total. The van der Waals surface area contributed by atoms with Crippen molar-refractivity contribution in [1.29, 1.82) is 0 Å². The van der Waals surface area contributed by atoms with Gasteiger partial charge < -0.3 is 24.1 Å². The van der Waals surface area contributed by atoms with Crippen LogP contribution in [-0.4, -0.2) is 39.5 Å². The molecule has 2 rings (SSSR count). The first-order valence-electron chi connectivity index (χ1n) is 7.43. The molecule has 0 aliphatic heterocycles. The summed E-state index contributed by atoms with van der Waals surface area (Å²) in [4.78, 5) is 11.8. The molecule has 0 bridgehead atoms. The molecule has 0 heterocycles. The number of aliphatic carboxylic acids is 1. The lowest BCUT2D eigenvalue weighted by molar-refractivity contribution is -0.130. The van der Waals surface area contributed by atoms with Crippen molar-refractivity contribution < 1.29 is 28.8 Å². The van der Waals surface area contributed by atoms with Crippen LogP contribution < -0.4 is 18.9 Å². The number of carboxylic acids is 1. The molecule has 6 heteroatoms. The van der Waals surface area contributed by atoms with Crippen molar-refractivity contribution in [2.24, 2.45) is 0 Å². The van der Waals surface area contributed by atoms with Gasteiger partial charge in [0.05, 0.1) is 34.0 Å². The van der Waals surface area contributed by atoms with Crippen molar-refractivity contribution in [2.45, 2.75) is 0 Å². The Morgan fingerprint density at radius 3 is 2.04 bits per heavy atom. The maximum absolute atomic E-state index is 11.8. The molecule has 0 aliphatic rings. The van der Waals surface area contributed by atoms with E-state index in [4.69, 9.17) is 18.9 Å². The van der Waals surface area contributed by atoms with E-state index >= 15 is 0 Å². The zero-order valence-electron chi connectivity index (χ0n) is 14.5. The zero-order valence-corrected chi connectivity index (χ0v) is 14.5. The average molecular weight is 344 g/mol. The van der Waals surface area contributed by atoms with E-state index < -0.39 is 5.97 Å². The Morgan fingerprint density at radius 1 is 0.840 bits per heavy atom. The summed E-state index contributed by atoms with van der Waals surface area (Å²) in [6.45, 7) is 0. The molecular formula is C19H20O6. The van der Waals surface area contributed by atoms with Crippen LogP contribution in [0.25, 0.3) is 11.6 Å². The van der Waals surface area contributed by atoms with Gasteiger partial charge in [-0.3, -0.25) is 0 Å². The van der Waals surface area contributed by atoms with E-state index in [2.05, 4.69) is 0 Å². The number of benzene rings is 2. The highest BCUT2D eigenvalue weighted by Gasteiger charge is 2.15. The molecule has 25 heavy (non-hydrogen) atoms. The van der Waals surface area contributed by atoms with Crippen LogP contribution >= 0.6 is 0 Å². The largest absolute Gasteiger partial charge is 0.497 e. The van der Waals surface area contributed by atoms with Gasteiger partial charge >= 0.3 is 5.97 Å². The summed E-state index contributed by atoms with van der Waals surface area (Å²) in [5, 5.41) is 9.66. The van der Waals surface area contributed by atoms with E-state index in [1.54, 1.807) is 43.5 Å². The molecule has 0 saturated carbocycles. The molecule has 0 saturated heterocycles. The van der Waals surface area contributed by atoms with Crippen LogP contribution in [0.2, 0.25) is 0 Å². The molecule has 1 N–H and O–H groups in total. The van der Waals surface area contributed by atoms with Gasteiger partial charge in [-0.05, 0) is 42.0 Å². The van der Waals surface area contributed by atoms with Crippen molar-refractivity contribution in [1.82, 2.24) is 0 Å². The van der Waals surface area contributed by atoms with Crippen molar-refractivity contribution in [3.05, 3.63) is 47.5 Å².